The highest BCUT2D eigenvalue weighted by molar-refractivity contribution is 9.10. The van der Waals surface area contributed by atoms with Gasteiger partial charge in [0.05, 0.1) is 5.02 Å². The molecule has 3 rings (SSSR count). The maximum absolute atomic E-state index is 14.3. The first kappa shape index (κ1) is 12.9. The highest BCUT2D eigenvalue weighted by atomic mass is 79.9. The summed E-state index contributed by atoms with van der Waals surface area (Å²) in [6, 6.07) is 3.79. The SMILES string of the molecule is CNC(c1ccc(Br)c(Cl)c1F)C1C2CCCC21. The normalized spacial score (nSPS) is 31.2. The van der Waals surface area contributed by atoms with Crippen molar-refractivity contribution in [1.29, 1.82) is 0 Å². The molecule has 2 fully saturated rings. The van der Waals surface area contributed by atoms with Gasteiger partial charge in [0.15, 0.2) is 0 Å². The van der Waals surface area contributed by atoms with E-state index in [0.717, 1.165) is 11.8 Å². The molecule has 2 saturated carbocycles. The molecule has 2 aliphatic carbocycles. The average Bonchev–Trinajstić information content (AvgIpc) is 2.84. The standard InChI is InChI=1S/C14H16BrClFN/c1-18-14(11-7-3-2-4-8(7)11)9-5-6-10(15)12(16)13(9)17/h5-8,11,14,18H,2-4H2,1H3. The molecule has 1 aromatic rings. The van der Waals surface area contributed by atoms with Gasteiger partial charge in [-0.15, -0.1) is 0 Å². The van der Waals surface area contributed by atoms with E-state index in [1.165, 1.54) is 19.3 Å². The Kier molecular flexibility index (Phi) is 3.41. The number of halogens is 3. The van der Waals surface area contributed by atoms with Crippen molar-refractivity contribution in [1.82, 2.24) is 5.32 Å². The minimum atomic E-state index is -0.282. The summed E-state index contributed by atoms with van der Waals surface area (Å²) in [5.74, 6) is 1.90. The first-order chi connectivity index (χ1) is 8.65. The zero-order chi connectivity index (χ0) is 12.9. The molecule has 98 valence electrons. The summed E-state index contributed by atoms with van der Waals surface area (Å²) in [5, 5.41) is 3.48. The van der Waals surface area contributed by atoms with Crippen molar-refractivity contribution in [2.45, 2.75) is 25.3 Å². The Labute approximate surface area is 120 Å². The van der Waals surface area contributed by atoms with Gasteiger partial charge in [0.25, 0.3) is 0 Å². The summed E-state index contributed by atoms with van der Waals surface area (Å²) in [4.78, 5) is 0. The Balaban J connectivity index is 1.91. The molecule has 0 saturated heterocycles. The molecule has 3 atom stereocenters. The van der Waals surface area contributed by atoms with Gasteiger partial charge < -0.3 is 5.32 Å². The molecule has 3 unspecified atom stereocenters. The molecule has 1 N–H and O–H groups in total. The predicted octanol–water partition coefficient (Wildman–Crippen LogP) is 4.55. The number of benzene rings is 1. The largest absolute Gasteiger partial charge is 0.313 e. The van der Waals surface area contributed by atoms with Gasteiger partial charge in [-0.25, -0.2) is 4.39 Å². The van der Waals surface area contributed by atoms with Crippen LogP contribution in [0.5, 0.6) is 0 Å². The summed E-state index contributed by atoms with van der Waals surface area (Å²) >= 11 is 9.24. The number of hydrogen-bond acceptors (Lipinski definition) is 1. The van der Waals surface area contributed by atoms with Crippen LogP contribution < -0.4 is 5.32 Å². The second-order valence-electron chi connectivity index (χ2n) is 5.37. The van der Waals surface area contributed by atoms with E-state index in [9.17, 15) is 4.39 Å². The van der Waals surface area contributed by atoms with E-state index in [1.807, 2.05) is 19.2 Å². The second-order valence-corrected chi connectivity index (χ2v) is 6.60. The lowest BCUT2D eigenvalue weighted by Gasteiger charge is -2.20. The van der Waals surface area contributed by atoms with Crippen LogP contribution >= 0.6 is 27.5 Å². The quantitative estimate of drug-likeness (QED) is 0.801. The van der Waals surface area contributed by atoms with Gasteiger partial charge in [0.2, 0.25) is 0 Å². The molecular weight excluding hydrogens is 317 g/mol. The van der Waals surface area contributed by atoms with Gasteiger partial charge in [-0.1, -0.05) is 24.1 Å². The molecule has 0 radical (unpaired) electrons. The van der Waals surface area contributed by atoms with E-state index in [0.29, 0.717) is 16.0 Å². The van der Waals surface area contributed by atoms with E-state index in [2.05, 4.69) is 21.2 Å². The topological polar surface area (TPSA) is 12.0 Å². The fourth-order valence-corrected chi connectivity index (χ4v) is 4.19. The molecule has 0 aliphatic heterocycles. The fraction of sp³-hybridized carbons (Fsp3) is 0.571. The first-order valence-corrected chi connectivity index (χ1v) is 7.63. The third-order valence-corrected chi connectivity index (χ3v) is 5.83. The molecule has 0 bridgehead atoms. The van der Waals surface area contributed by atoms with Crippen molar-refractivity contribution in [3.05, 3.63) is 33.0 Å². The zero-order valence-electron chi connectivity index (χ0n) is 10.2. The summed E-state index contributed by atoms with van der Waals surface area (Å²) in [6.07, 6.45) is 3.95. The summed E-state index contributed by atoms with van der Waals surface area (Å²) < 4.78 is 14.9. The van der Waals surface area contributed by atoms with Gasteiger partial charge in [-0.2, -0.15) is 0 Å². The van der Waals surface area contributed by atoms with Gasteiger partial charge >= 0.3 is 0 Å². The fourth-order valence-electron chi connectivity index (χ4n) is 3.71. The second kappa shape index (κ2) is 4.77. The minimum absolute atomic E-state index is 0.103. The van der Waals surface area contributed by atoms with Crippen LogP contribution in [0.15, 0.2) is 16.6 Å². The third kappa shape index (κ3) is 1.91. The first-order valence-electron chi connectivity index (χ1n) is 6.45. The molecule has 0 spiro atoms. The number of nitrogens with one attached hydrogen (secondary N) is 1. The van der Waals surface area contributed by atoms with Crippen molar-refractivity contribution in [2.24, 2.45) is 17.8 Å². The van der Waals surface area contributed by atoms with Crippen LogP contribution in [-0.2, 0) is 0 Å². The van der Waals surface area contributed by atoms with Gasteiger partial charge in [0.1, 0.15) is 5.82 Å². The Hall–Kier alpha value is -0.120. The Morgan fingerprint density at radius 1 is 1.39 bits per heavy atom. The summed E-state index contributed by atoms with van der Waals surface area (Å²) in [7, 11) is 1.91. The lowest BCUT2D eigenvalue weighted by Crippen LogP contribution is -2.22. The Morgan fingerprint density at radius 2 is 2.06 bits per heavy atom. The van der Waals surface area contributed by atoms with Crippen LogP contribution in [0.25, 0.3) is 0 Å². The molecule has 0 aromatic heterocycles. The third-order valence-electron chi connectivity index (χ3n) is 4.57. The average molecular weight is 333 g/mol. The van der Waals surface area contributed by atoms with Crippen LogP contribution in [0.2, 0.25) is 5.02 Å². The molecule has 0 amide bonds. The monoisotopic (exact) mass is 331 g/mol. The molecule has 2 aliphatic rings. The molecular formula is C14H16BrClFN. The maximum atomic E-state index is 14.3. The molecule has 1 nitrogen and oxygen atoms in total. The van der Waals surface area contributed by atoms with Crippen LogP contribution in [0.4, 0.5) is 4.39 Å². The summed E-state index contributed by atoms with van der Waals surface area (Å²) in [5.41, 5.74) is 0.713. The maximum Gasteiger partial charge on any atom is 0.147 e. The molecule has 0 heterocycles. The van der Waals surface area contributed by atoms with Crippen molar-refractivity contribution in [3.8, 4) is 0 Å². The highest BCUT2D eigenvalue weighted by Gasteiger charge is 2.56. The Bertz CT molecular complexity index is 469. The van der Waals surface area contributed by atoms with Gasteiger partial charge in [-0.3, -0.25) is 0 Å². The van der Waals surface area contributed by atoms with E-state index in [-0.39, 0.29) is 16.9 Å². The van der Waals surface area contributed by atoms with Gasteiger partial charge in [0, 0.05) is 16.1 Å². The summed E-state index contributed by atoms with van der Waals surface area (Å²) in [6.45, 7) is 0. The number of rotatable bonds is 3. The molecule has 4 heteroatoms. The molecule has 1 aromatic carbocycles. The van der Waals surface area contributed by atoms with E-state index >= 15 is 0 Å². The van der Waals surface area contributed by atoms with Crippen molar-refractivity contribution < 1.29 is 4.39 Å². The van der Waals surface area contributed by atoms with Gasteiger partial charge in [-0.05, 0) is 59.6 Å². The van der Waals surface area contributed by atoms with Crippen molar-refractivity contribution in [2.75, 3.05) is 7.05 Å². The van der Waals surface area contributed by atoms with Crippen LogP contribution in [0.1, 0.15) is 30.9 Å². The lowest BCUT2D eigenvalue weighted by molar-refractivity contribution is 0.428. The zero-order valence-corrected chi connectivity index (χ0v) is 12.6. The van der Waals surface area contributed by atoms with E-state index in [1.54, 1.807) is 0 Å². The van der Waals surface area contributed by atoms with Crippen molar-refractivity contribution in [3.63, 3.8) is 0 Å². The van der Waals surface area contributed by atoms with Crippen molar-refractivity contribution >= 4 is 27.5 Å². The van der Waals surface area contributed by atoms with E-state index < -0.39 is 0 Å². The van der Waals surface area contributed by atoms with E-state index in [4.69, 9.17) is 11.6 Å². The number of hydrogen-bond donors (Lipinski definition) is 1. The lowest BCUT2D eigenvalue weighted by atomic mass is 9.96. The minimum Gasteiger partial charge on any atom is -0.313 e. The van der Waals surface area contributed by atoms with Crippen LogP contribution in [-0.4, -0.2) is 7.05 Å². The highest BCUT2D eigenvalue weighted by Crippen LogP contribution is 2.62. The predicted molar refractivity (Wildman–Crippen MR) is 75.2 cm³/mol. The smallest absolute Gasteiger partial charge is 0.147 e. The Morgan fingerprint density at radius 3 is 2.67 bits per heavy atom. The number of fused-ring (bicyclic) bond motifs is 1. The van der Waals surface area contributed by atoms with Crippen LogP contribution in [0, 0.1) is 23.6 Å². The van der Waals surface area contributed by atoms with Crippen LogP contribution in [0.3, 0.4) is 0 Å². The molecule has 18 heavy (non-hydrogen) atoms.